The van der Waals surface area contributed by atoms with E-state index in [1.165, 1.54) is 18.3 Å². The molecule has 9 heteroatoms. The summed E-state index contributed by atoms with van der Waals surface area (Å²) in [6, 6.07) is 7.56. The van der Waals surface area contributed by atoms with E-state index in [0.717, 1.165) is 21.5 Å². The van der Waals surface area contributed by atoms with Crippen LogP contribution in [0.15, 0.2) is 60.3 Å². The highest BCUT2D eigenvalue weighted by Gasteiger charge is 2.07. The molecule has 0 atom stereocenters. The lowest BCUT2D eigenvalue weighted by Crippen LogP contribution is -1.96. The van der Waals surface area contributed by atoms with Crippen LogP contribution in [0.25, 0.3) is 10.9 Å². The average Bonchev–Trinajstić information content (AvgIpc) is 3.11. The average molecular weight is 356 g/mol. The van der Waals surface area contributed by atoms with Gasteiger partial charge in [-0.1, -0.05) is 16.8 Å². The van der Waals surface area contributed by atoms with Crippen LogP contribution >= 0.6 is 23.5 Å². The number of fused-ring (bicyclic) bond motifs is 1. The van der Waals surface area contributed by atoms with Crippen molar-refractivity contribution in [3.63, 3.8) is 0 Å². The Balaban J connectivity index is 1.62. The largest absolute Gasteiger partial charge is 0.340 e. The molecule has 7 nitrogen and oxygen atoms in total. The lowest BCUT2D eigenvalue weighted by Gasteiger charge is -2.10. The lowest BCUT2D eigenvalue weighted by atomic mass is 10.2. The second-order valence-electron chi connectivity index (χ2n) is 4.78. The highest BCUT2D eigenvalue weighted by Crippen LogP contribution is 2.31. The van der Waals surface area contributed by atoms with Gasteiger partial charge in [-0.25, -0.2) is 9.97 Å². The van der Waals surface area contributed by atoms with Gasteiger partial charge in [0.2, 0.25) is 0 Å². The zero-order chi connectivity index (χ0) is 16.4. The normalized spacial score (nSPS) is 10.9. The van der Waals surface area contributed by atoms with Gasteiger partial charge >= 0.3 is 0 Å². The van der Waals surface area contributed by atoms with Crippen LogP contribution in [-0.4, -0.2) is 29.4 Å². The summed E-state index contributed by atoms with van der Waals surface area (Å²) in [5.74, 6) is 0.704. The summed E-state index contributed by atoms with van der Waals surface area (Å²) in [5.41, 5.74) is 1.61. The SMILES string of the molecule is Clc1cc(Nc2ncnc3cnccc23)ccc1Sn1ccnn1. The van der Waals surface area contributed by atoms with E-state index < -0.39 is 0 Å². The van der Waals surface area contributed by atoms with Gasteiger partial charge < -0.3 is 5.32 Å². The fourth-order valence-electron chi connectivity index (χ4n) is 2.14. The molecule has 0 spiro atoms. The smallest absolute Gasteiger partial charge is 0.141 e. The van der Waals surface area contributed by atoms with E-state index in [2.05, 4.69) is 30.6 Å². The maximum atomic E-state index is 6.37. The molecule has 0 fully saturated rings. The Morgan fingerprint density at radius 3 is 2.92 bits per heavy atom. The van der Waals surface area contributed by atoms with E-state index in [-0.39, 0.29) is 0 Å². The van der Waals surface area contributed by atoms with Crippen molar-refractivity contribution in [2.45, 2.75) is 4.90 Å². The Morgan fingerprint density at radius 1 is 1.12 bits per heavy atom. The zero-order valence-corrected chi connectivity index (χ0v) is 13.7. The molecule has 4 rings (SSSR count). The van der Waals surface area contributed by atoms with E-state index in [4.69, 9.17) is 11.6 Å². The molecule has 1 N–H and O–H groups in total. The number of hydrogen-bond acceptors (Lipinski definition) is 7. The molecule has 0 radical (unpaired) electrons. The number of pyridine rings is 1. The van der Waals surface area contributed by atoms with Crippen molar-refractivity contribution in [2.75, 3.05) is 5.32 Å². The van der Waals surface area contributed by atoms with Crippen molar-refractivity contribution >= 4 is 46.0 Å². The van der Waals surface area contributed by atoms with Crippen molar-refractivity contribution in [3.8, 4) is 0 Å². The van der Waals surface area contributed by atoms with Gasteiger partial charge in [0.25, 0.3) is 0 Å². The highest BCUT2D eigenvalue weighted by atomic mass is 35.5. The number of nitrogens with one attached hydrogen (secondary N) is 1. The summed E-state index contributed by atoms with van der Waals surface area (Å²) in [6.45, 7) is 0. The Labute approximate surface area is 146 Å². The molecule has 118 valence electrons. The monoisotopic (exact) mass is 355 g/mol. The Kier molecular flexibility index (Phi) is 3.97. The molecule has 0 unspecified atom stereocenters. The molecule has 0 aliphatic heterocycles. The van der Waals surface area contributed by atoms with Gasteiger partial charge in [-0.15, -0.1) is 5.10 Å². The van der Waals surface area contributed by atoms with Gasteiger partial charge in [-0.3, -0.25) is 4.98 Å². The summed E-state index contributed by atoms with van der Waals surface area (Å²) in [5, 5.41) is 12.4. The van der Waals surface area contributed by atoms with Gasteiger partial charge in [0.05, 0.1) is 29.1 Å². The lowest BCUT2D eigenvalue weighted by molar-refractivity contribution is 0.889. The quantitative estimate of drug-likeness (QED) is 0.599. The van der Waals surface area contributed by atoms with Crippen LogP contribution in [0, 0.1) is 0 Å². The number of rotatable bonds is 4. The standard InChI is InChI=1S/C15H10ClN7S/c16-12-7-10(1-2-14(12)24-23-6-5-20-22-23)21-15-11-3-4-17-8-13(11)18-9-19-15/h1-9H,(H,18,19,21). The molecule has 4 aromatic rings. The van der Waals surface area contributed by atoms with Crippen LogP contribution in [0.5, 0.6) is 0 Å². The Hall–Kier alpha value is -2.71. The number of nitrogens with zero attached hydrogens (tertiary/aromatic N) is 6. The minimum absolute atomic E-state index is 0.612. The van der Waals surface area contributed by atoms with Crippen LogP contribution in [0.1, 0.15) is 0 Å². The number of anilines is 2. The Bertz CT molecular complexity index is 985. The molecule has 0 bridgehead atoms. The Morgan fingerprint density at radius 2 is 2.08 bits per heavy atom. The fraction of sp³-hybridized carbons (Fsp3) is 0. The molecule has 1 aromatic carbocycles. The second kappa shape index (κ2) is 6.42. The predicted octanol–water partition coefficient (Wildman–Crippen LogP) is 3.57. The molecule has 3 aromatic heterocycles. The molecule has 0 saturated carbocycles. The zero-order valence-electron chi connectivity index (χ0n) is 12.2. The fourth-order valence-corrected chi connectivity index (χ4v) is 3.10. The van der Waals surface area contributed by atoms with Gasteiger partial charge in [-0.2, -0.15) is 4.09 Å². The van der Waals surface area contributed by atoms with Gasteiger partial charge in [-0.05, 0) is 24.3 Å². The van der Waals surface area contributed by atoms with Crippen LogP contribution in [0.2, 0.25) is 5.02 Å². The molecular formula is C15H10ClN7S. The molecule has 0 aliphatic rings. The van der Waals surface area contributed by atoms with E-state index >= 15 is 0 Å². The first kappa shape index (κ1) is 14.9. The van der Waals surface area contributed by atoms with E-state index in [0.29, 0.717) is 10.8 Å². The predicted molar refractivity (Wildman–Crippen MR) is 93.3 cm³/mol. The van der Waals surface area contributed by atoms with Crippen molar-refractivity contribution in [3.05, 3.63) is 60.4 Å². The molecule has 0 saturated heterocycles. The van der Waals surface area contributed by atoms with Crippen molar-refractivity contribution in [2.24, 2.45) is 0 Å². The summed E-state index contributed by atoms with van der Waals surface area (Å²) >= 11 is 7.75. The molecular weight excluding hydrogens is 346 g/mol. The molecule has 0 aliphatic carbocycles. The van der Waals surface area contributed by atoms with Gasteiger partial charge in [0, 0.05) is 34.1 Å². The van der Waals surface area contributed by atoms with Crippen molar-refractivity contribution in [1.29, 1.82) is 0 Å². The summed E-state index contributed by atoms with van der Waals surface area (Å²) in [4.78, 5) is 13.4. The van der Waals surface area contributed by atoms with Crippen LogP contribution < -0.4 is 5.32 Å². The van der Waals surface area contributed by atoms with E-state index in [1.807, 2.05) is 24.3 Å². The second-order valence-corrected chi connectivity index (χ2v) is 6.19. The number of benzene rings is 1. The van der Waals surface area contributed by atoms with Crippen LogP contribution in [0.4, 0.5) is 11.5 Å². The molecule has 3 heterocycles. The highest BCUT2D eigenvalue weighted by molar-refractivity contribution is 7.97. The molecule has 24 heavy (non-hydrogen) atoms. The van der Waals surface area contributed by atoms with E-state index in [9.17, 15) is 0 Å². The minimum atomic E-state index is 0.612. The van der Waals surface area contributed by atoms with E-state index in [1.54, 1.807) is 28.9 Å². The van der Waals surface area contributed by atoms with Gasteiger partial charge in [0.1, 0.15) is 12.1 Å². The third kappa shape index (κ3) is 3.01. The minimum Gasteiger partial charge on any atom is -0.340 e. The number of hydrogen-bond donors (Lipinski definition) is 1. The topological polar surface area (TPSA) is 81.4 Å². The summed E-state index contributed by atoms with van der Waals surface area (Å²) in [6.07, 6.45) is 8.29. The maximum Gasteiger partial charge on any atom is 0.141 e. The molecule has 0 amide bonds. The third-order valence-corrected chi connectivity index (χ3v) is 4.59. The van der Waals surface area contributed by atoms with Crippen molar-refractivity contribution < 1.29 is 0 Å². The summed E-state index contributed by atoms with van der Waals surface area (Å²) in [7, 11) is 0. The third-order valence-electron chi connectivity index (χ3n) is 3.23. The van der Waals surface area contributed by atoms with Crippen LogP contribution in [-0.2, 0) is 0 Å². The first-order valence-electron chi connectivity index (χ1n) is 6.95. The number of aromatic nitrogens is 6. The van der Waals surface area contributed by atoms with Gasteiger partial charge in [0.15, 0.2) is 0 Å². The summed E-state index contributed by atoms with van der Waals surface area (Å²) < 4.78 is 1.64. The van der Waals surface area contributed by atoms with Crippen molar-refractivity contribution in [1.82, 2.24) is 29.4 Å². The maximum absolute atomic E-state index is 6.37. The first-order valence-corrected chi connectivity index (χ1v) is 8.11. The van der Waals surface area contributed by atoms with Crippen LogP contribution in [0.3, 0.4) is 0 Å². The number of halogens is 1. The first-order chi connectivity index (χ1) is 11.8.